The molecule has 0 heterocycles. The van der Waals surface area contributed by atoms with E-state index in [-0.39, 0.29) is 12.5 Å². The highest BCUT2D eigenvalue weighted by Gasteiger charge is 2.12. The standard InChI is InChI=1S/C22H29NO3S/c1-2-25-22(23)21(24)17-26-19-12-14-20(15-13-19)27-16-8-4-7-11-18-9-5-3-6-10-18/h3,5-6,9-10,12-15,21,23-24H,2,4,7-8,11,16-17H2,1H3. The van der Waals surface area contributed by atoms with Gasteiger partial charge in [-0.25, -0.2) is 0 Å². The third kappa shape index (κ3) is 8.50. The molecule has 0 saturated heterocycles. The average molecular weight is 388 g/mol. The molecule has 0 saturated carbocycles. The number of hydrogen-bond donors (Lipinski definition) is 2. The molecule has 0 bridgehead atoms. The SMILES string of the molecule is CCOC(=N)C(O)COc1ccc(SCCCCCc2ccccc2)cc1. The van der Waals surface area contributed by atoms with Crippen LogP contribution in [0.2, 0.25) is 0 Å². The van der Waals surface area contributed by atoms with Crippen LogP contribution in [0.15, 0.2) is 59.5 Å². The monoisotopic (exact) mass is 387 g/mol. The van der Waals surface area contributed by atoms with Gasteiger partial charge in [-0.3, -0.25) is 5.41 Å². The molecule has 5 heteroatoms. The van der Waals surface area contributed by atoms with Crippen molar-refractivity contribution in [2.75, 3.05) is 19.0 Å². The van der Waals surface area contributed by atoms with Crippen LogP contribution in [0, 0.1) is 5.41 Å². The molecule has 146 valence electrons. The molecule has 0 fully saturated rings. The molecule has 2 aromatic rings. The van der Waals surface area contributed by atoms with Gasteiger partial charge in [-0.15, -0.1) is 11.8 Å². The van der Waals surface area contributed by atoms with Gasteiger partial charge in [0.2, 0.25) is 5.90 Å². The summed E-state index contributed by atoms with van der Waals surface area (Å²) in [5.74, 6) is 1.64. The highest BCUT2D eigenvalue weighted by atomic mass is 32.2. The Morgan fingerprint density at radius 2 is 1.78 bits per heavy atom. The Kier molecular flexibility index (Phi) is 9.80. The van der Waals surface area contributed by atoms with E-state index in [1.165, 1.54) is 29.7 Å². The number of aliphatic hydroxyl groups is 1. The molecule has 4 nitrogen and oxygen atoms in total. The van der Waals surface area contributed by atoms with Crippen molar-refractivity contribution in [2.45, 2.75) is 43.6 Å². The van der Waals surface area contributed by atoms with Gasteiger partial charge in [0.15, 0.2) is 6.10 Å². The predicted octanol–water partition coefficient (Wildman–Crippen LogP) is 4.95. The molecule has 2 rings (SSSR count). The highest BCUT2D eigenvalue weighted by Crippen LogP contribution is 2.23. The number of thioether (sulfide) groups is 1. The molecule has 0 aliphatic heterocycles. The van der Waals surface area contributed by atoms with Gasteiger partial charge in [0, 0.05) is 4.90 Å². The quantitative estimate of drug-likeness (QED) is 0.234. The summed E-state index contributed by atoms with van der Waals surface area (Å²) in [6.07, 6.45) is 3.81. The first kappa shape index (κ1) is 21.3. The maximum absolute atomic E-state index is 9.75. The molecule has 0 radical (unpaired) electrons. The Morgan fingerprint density at radius 1 is 1.04 bits per heavy atom. The molecule has 27 heavy (non-hydrogen) atoms. The van der Waals surface area contributed by atoms with Gasteiger partial charge >= 0.3 is 0 Å². The number of ether oxygens (including phenoxy) is 2. The molecular weight excluding hydrogens is 358 g/mol. The summed E-state index contributed by atoms with van der Waals surface area (Å²) < 4.78 is 10.5. The summed E-state index contributed by atoms with van der Waals surface area (Å²) in [5.41, 5.74) is 1.42. The minimum atomic E-state index is -1.03. The lowest BCUT2D eigenvalue weighted by Gasteiger charge is -2.13. The molecule has 2 N–H and O–H groups in total. The Balaban J connectivity index is 1.59. The number of nitrogens with one attached hydrogen (secondary N) is 1. The van der Waals surface area contributed by atoms with E-state index in [1.54, 1.807) is 6.92 Å². The van der Waals surface area contributed by atoms with Crippen LogP contribution in [0.3, 0.4) is 0 Å². The minimum absolute atomic E-state index is 0.0206. The molecule has 0 aliphatic rings. The van der Waals surface area contributed by atoms with Crippen LogP contribution >= 0.6 is 11.8 Å². The first-order valence-electron chi connectivity index (χ1n) is 9.48. The Hall–Kier alpha value is -1.98. The average Bonchev–Trinajstić information content (AvgIpc) is 2.70. The third-order valence-corrected chi connectivity index (χ3v) is 5.15. The highest BCUT2D eigenvalue weighted by molar-refractivity contribution is 7.99. The van der Waals surface area contributed by atoms with Crippen molar-refractivity contribution in [3.63, 3.8) is 0 Å². The van der Waals surface area contributed by atoms with Gasteiger partial charge in [-0.2, -0.15) is 0 Å². The van der Waals surface area contributed by atoms with Crippen molar-refractivity contribution in [2.24, 2.45) is 0 Å². The van der Waals surface area contributed by atoms with Crippen LogP contribution in [0.25, 0.3) is 0 Å². The number of unbranched alkanes of at least 4 members (excludes halogenated alkanes) is 2. The summed E-state index contributed by atoms with van der Waals surface area (Å²) >= 11 is 1.85. The fourth-order valence-electron chi connectivity index (χ4n) is 2.58. The van der Waals surface area contributed by atoms with Crippen LogP contribution in [0.1, 0.15) is 31.7 Å². The van der Waals surface area contributed by atoms with E-state index in [0.717, 1.165) is 12.2 Å². The Morgan fingerprint density at radius 3 is 2.48 bits per heavy atom. The Bertz CT molecular complexity index is 661. The number of rotatable bonds is 12. The van der Waals surface area contributed by atoms with Gasteiger partial charge < -0.3 is 14.6 Å². The normalized spacial score (nSPS) is 11.8. The summed E-state index contributed by atoms with van der Waals surface area (Å²) in [7, 11) is 0. The van der Waals surface area contributed by atoms with Crippen molar-refractivity contribution in [3.8, 4) is 5.75 Å². The number of hydrogen-bond acceptors (Lipinski definition) is 5. The third-order valence-electron chi connectivity index (χ3n) is 4.06. The lowest BCUT2D eigenvalue weighted by Crippen LogP contribution is -2.28. The molecule has 1 unspecified atom stereocenters. The van der Waals surface area contributed by atoms with Gasteiger partial charge in [-0.05, 0) is 61.8 Å². The molecule has 0 amide bonds. The zero-order valence-corrected chi connectivity index (χ0v) is 16.7. The number of aryl methyl sites for hydroxylation is 1. The number of aliphatic hydroxyl groups excluding tert-OH is 1. The first-order valence-corrected chi connectivity index (χ1v) is 10.5. The van der Waals surface area contributed by atoms with Gasteiger partial charge in [0.25, 0.3) is 0 Å². The van der Waals surface area contributed by atoms with E-state index in [0.29, 0.717) is 12.4 Å². The zero-order valence-electron chi connectivity index (χ0n) is 15.9. The summed E-state index contributed by atoms with van der Waals surface area (Å²) in [4.78, 5) is 1.22. The summed E-state index contributed by atoms with van der Waals surface area (Å²) in [6, 6.07) is 18.5. The lowest BCUT2D eigenvalue weighted by molar-refractivity contribution is 0.129. The van der Waals surface area contributed by atoms with Gasteiger partial charge in [0.05, 0.1) is 6.61 Å². The van der Waals surface area contributed by atoms with Crippen LogP contribution in [-0.4, -0.2) is 36.1 Å². The maximum Gasteiger partial charge on any atom is 0.213 e. The molecule has 0 aromatic heterocycles. The fraction of sp³-hybridized carbons (Fsp3) is 0.409. The molecule has 0 spiro atoms. The smallest absolute Gasteiger partial charge is 0.213 e. The van der Waals surface area contributed by atoms with Crippen molar-refractivity contribution in [1.82, 2.24) is 0 Å². The second-order valence-electron chi connectivity index (χ2n) is 6.24. The molecule has 2 aromatic carbocycles. The van der Waals surface area contributed by atoms with E-state index in [1.807, 2.05) is 36.0 Å². The van der Waals surface area contributed by atoms with Crippen LogP contribution in [-0.2, 0) is 11.2 Å². The van der Waals surface area contributed by atoms with E-state index in [4.69, 9.17) is 14.9 Å². The van der Waals surface area contributed by atoms with E-state index >= 15 is 0 Å². The van der Waals surface area contributed by atoms with E-state index < -0.39 is 6.10 Å². The first-order chi connectivity index (χ1) is 13.2. The maximum atomic E-state index is 9.75. The minimum Gasteiger partial charge on any atom is -0.490 e. The van der Waals surface area contributed by atoms with Crippen molar-refractivity contribution < 1.29 is 14.6 Å². The van der Waals surface area contributed by atoms with Crippen LogP contribution in [0.5, 0.6) is 5.75 Å². The molecule has 1 atom stereocenters. The van der Waals surface area contributed by atoms with Gasteiger partial charge in [0.1, 0.15) is 12.4 Å². The predicted molar refractivity (Wildman–Crippen MR) is 112 cm³/mol. The summed E-state index contributed by atoms with van der Waals surface area (Å²) in [6.45, 7) is 2.17. The van der Waals surface area contributed by atoms with Crippen molar-refractivity contribution >= 4 is 17.7 Å². The van der Waals surface area contributed by atoms with Crippen molar-refractivity contribution in [3.05, 3.63) is 60.2 Å². The second kappa shape index (κ2) is 12.4. The van der Waals surface area contributed by atoms with Crippen molar-refractivity contribution in [1.29, 1.82) is 5.41 Å². The fourth-order valence-corrected chi connectivity index (χ4v) is 3.49. The lowest BCUT2D eigenvalue weighted by atomic mass is 10.1. The summed E-state index contributed by atoms with van der Waals surface area (Å²) in [5, 5.41) is 17.3. The topological polar surface area (TPSA) is 62.5 Å². The molecular formula is C22H29NO3S. The largest absolute Gasteiger partial charge is 0.490 e. The van der Waals surface area contributed by atoms with Gasteiger partial charge in [-0.1, -0.05) is 36.8 Å². The molecule has 0 aliphatic carbocycles. The van der Waals surface area contributed by atoms with E-state index in [2.05, 4.69) is 30.3 Å². The van der Waals surface area contributed by atoms with E-state index in [9.17, 15) is 5.11 Å². The second-order valence-corrected chi connectivity index (χ2v) is 7.41. The van der Waals surface area contributed by atoms with Crippen LogP contribution in [0.4, 0.5) is 0 Å². The Labute approximate surface area is 166 Å². The zero-order chi connectivity index (χ0) is 19.3. The number of benzene rings is 2. The van der Waals surface area contributed by atoms with Crippen LogP contribution < -0.4 is 4.74 Å².